The fourth-order valence-corrected chi connectivity index (χ4v) is 0.355. The smallest absolute Gasteiger partial charge is 0.165 e. The summed E-state index contributed by atoms with van der Waals surface area (Å²) in [4.78, 5) is 0. The normalized spacial score (nSPS) is 15.9. The molecule has 1 aliphatic rings. The number of hydrogen-bond donors (Lipinski definition) is 1. The lowest BCUT2D eigenvalue weighted by molar-refractivity contribution is 0.969. The van der Waals surface area contributed by atoms with Crippen molar-refractivity contribution in [3.05, 3.63) is 11.8 Å². The maximum atomic E-state index is 8.20. The van der Waals surface area contributed by atoms with Crippen molar-refractivity contribution in [1.29, 1.82) is 5.26 Å². The van der Waals surface area contributed by atoms with Gasteiger partial charge in [-0.1, -0.05) is 0 Å². The predicted molar refractivity (Wildman–Crippen MR) is 27.5 cm³/mol. The maximum Gasteiger partial charge on any atom is 0.165 e. The average molecular weight is 107 g/mol. The molecule has 2 N–H and O–H groups in total. The van der Waals surface area contributed by atoms with Gasteiger partial charge < -0.3 is 5.73 Å². The second-order valence-corrected chi connectivity index (χ2v) is 1.26. The lowest BCUT2D eigenvalue weighted by Crippen LogP contribution is -2.10. The quantitative estimate of drug-likeness (QED) is 0.443. The molecule has 0 saturated heterocycles. The third kappa shape index (κ3) is 0.500. The van der Waals surface area contributed by atoms with Crippen LogP contribution in [0.1, 0.15) is 0 Å². The van der Waals surface area contributed by atoms with Gasteiger partial charge in [0.25, 0.3) is 0 Å². The summed E-state index contributed by atoms with van der Waals surface area (Å²) >= 11 is 0. The molecule has 4 nitrogen and oxygen atoms in total. The van der Waals surface area contributed by atoms with Gasteiger partial charge in [-0.05, 0) is 0 Å². The Labute approximate surface area is 46.3 Å². The third-order valence-electron chi connectivity index (χ3n) is 0.749. The SMILES string of the molecule is N#CC1=C[N]N=C1N. The van der Waals surface area contributed by atoms with Crippen LogP contribution in [0.15, 0.2) is 16.9 Å². The third-order valence-corrected chi connectivity index (χ3v) is 0.749. The van der Waals surface area contributed by atoms with E-state index in [1.54, 1.807) is 0 Å². The molecular weight excluding hydrogens is 104 g/mol. The fourth-order valence-electron chi connectivity index (χ4n) is 0.355. The highest BCUT2D eigenvalue weighted by Gasteiger charge is 2.06. The van der Waals surface area contributed by atoms with Crippen LogP contribution in [-0.4, -0.2) is 5.84 Å². The van der Waals surface area contributed by atoms with E-state index >= 15 is 0 Å². The predicted octanol–water partition coefficient (Wildman–Crippen LogP) is -0.716. The number of nitrogens with two attached hydrogens (primary N) is 1. The van der Waals surface area contributed by atoms with Crippen molar-refractivity contribution in [2.45, 2.75) is 0 Å². The highest BCUT2D eigenvalue weighted by molar-refractivity contribution is 6.01. The molecule has 0 aromatic rings. The van der Waals surface area contributed by atoms with Crippen molar-refractivity contribution in [2.75, 3.05) is 0 Å². The van der Waals surface area contributed by atoms with E-state index in [-0.39, 0.29) is 5.84 Å². The number of nitriles is 1. The van der Waals surface area contributed by atoms with Gasteiger partial charge in [-0.2, -0.15) is 10.7 Å². The Hall–Kier alpha value is -1.50. The Morgan fingerprint density at radius 2 is 2.50 bits per heavy atom. The highest BCUT2D eigenvalue weighted by atomic mass is 15.3. The second-order valence-electron chi connectivity index (χ2n) is 1.26. The molecule has 0 atom stereocenters. The van der Waals surface area contributed by atoms with Crippen molar-refractivity contribution >= 4 is 5.84 Å². The van der Waals surface area contributed by atoms with Crippen LogP contribution in [0.5, 0.6) is 0 Å². The first-order valence-electron chi connectivity index (χ1n) is 1.98. The summed E-state index contributed by atoms with van der Waals surface area (Å²) in [6, 6.07) is 1.83. The Morgan fingerprint density at radius 1 is 1.75 bits per heavy atom. The van der Waals surface area contributed by atoms with Gasteiger partial charge in [0.05, 0.1) is 6.20 Å². The van der Waals surface area contributed by atoms with Gasteiger partial charge in [0.1, 0.15) is 11.6 Å². The number of amidine groups is 1. The molecule has 1 radical (unpaired) electrons. The van der Waals surface area contributed by atoms with Crippen LogP contribution < -0.4 is 11.2 Å². The zero-order valence-corrected chi connectivity index (χ0v) is 4.00. The van der Waals surface area contributed by atoms with E-state index in [9.17, 15) is 0 Å². The maximum absolute atomic E-state index is 8.20. The van der Waals surface area contributed by atoms with Crippen LogP contribution in [0.3, 0.4) is 0 Å². The standard InChI is InChI=1S/C4H3N4/c5-1-3-2-7-8-4(3)6/h2H,(H2,6,8). The van der Waals surface area contributed by atoms with Gasteiger partial charge >= 0.3 is 0 Å². The molecule has 0 fully saturated rings. The Bertz CT molecular complexity index is 195. The van der Waals surface area contributed by atoms with Crippen molar-refractivity contribution in [2.24, 2.45) is 10.8 Å². The molecule has 1 aliphatic heterocycles. The minimum atomic E-state index is 0.201. The van der Waals surface area contributed by atoms with Crippen LogP contribution >= 0.6 is 0 Å². The molecule has 1 heterocycles. The molecule has 8 heavy (non-hydrogen) atoms. The number of rotatable bonds is 0. The van der Waals surface area contributed by atoms with Crippen LogP contribution in [0.25, 0.3) is 0 Å². The van der Waals surface area contributed by atoms with Crippen molar-refractivity contribution in [1.82, 2.24) is 5.43 Å². The second kappa shape index (κ2) is 1.54. The van der Waals surface area contributed by atoms with Gasteiger partial charge in [-0.15, -0.1) is 5.10 Å². The number of hydrogen-bond acceptors (Lipinski definition) is 3. The molecular formula is C4H3N4. The minimum absolute atomic E-state index is 0.201. The minimum Gasteiger partial charge on any atom is -0.381 e. The van der Waals surface area contributed by atoms with E-state index in [0.717, 1.165) is 0 Å². The van der Waals surface area contributed by atoms with E-state index in [0.29, 0.717) is 5.57 Å². The molecule has 0 spiro atoms. The molecule has 1 rings (SSSR count). The first kappa shape index (κ1) is 4.65. The Kier molecular flexibility index (Phi) is 0.897. The molecule has 0 aromatic heterocycles. The topological polar surface area (TPSA) is 76.3 Å². The molecule has 39 valence electrons. The lowest BCUT2D eigenvalue weighted by Gasteiger charge is -1.80. The lowest BCUT2D eigenvalue weighted by atomic mass is 10.3. The summed E-state index contributed by atoms with van der Waals surface area (Å²) in [6.45, 7) is 0. The van der Waals surface area contributed by atoms with Gasteiger partial charge in [0.15, 0.2) is 5.84 Å². The van der Waals surface area contributed by atoms with Crippen LogP contribution in [0, 0.1) is 11.3 Å². The average Bonchev–Trinajstić information content (AvgIpc) is 2.14. The first-order valence-corrected chi connectivity index (χ1v) is 1.98. The highest BCUT2D eigenvalue weighted by Crippen LogP contribution is 1.96. The molecule has 0 amide bonds. The summed E-state index contributed by atoms with van der Waals surface area (Å²) in [5.74, 6) is 0.201. The molecule has 4 heteroatoms. The molecule has 0 unspecified atom stereocenters. The van der Waals surface area contributed by atoms with Crippen molar-refractivity contribution in [3.63, 3.8) is 0 Å². The Balaban J connectivity index is 2.86. The van der Waals surface area contributed by atoms with Crippen LogP contribution in [0.4, 0.5) is 0 Å². The largest absolute Gasteiger partial charge is 0.381 e. The van der Waals surface area contributed by atoms with Crippen LogP contribution in [0.2, 0.25) is 0 Å². The Morgan fingerprint density at radius 3 is 2.75 bits per heavy atom. The van der Waals surface area contributed by atoms with Gasteiger partial charge in [-0.3, -0.25) is 0 Å². The zero-order chi connectivity index (χ0) is 5.98. The zero-order valence-electron chi connectivity index (χ0n) is 4.00. The summed E-state index contributed by atoms with van der Waals surface area (Å²) in [5.41, 5.74) is 8.89. The number of nitrogens with zero attached hydrogens (tertiary/aromatic N) is 3. The molecule has 0 aromatic carbocycles. The van der Waals surface area contributed by atoms with Gasteiger partial charge in [0.2, 0.25) is 0 Å². The summed E-state index contributed by atoms with van der Waals surface area (Å²) in [7, 11) is 0. The van der Waals surface area contributed by atoms with E-state index < -0.39 is 0 Å². The summed E-state index contributed by atoms with van der Waals surface area (Å²) < 4.78 is 0. The van der Waals surface area contributed by atoms with Crippen LogP contribution in [-0.2, 0) is 0 Å². The molecule has 0 aliphatic carbocycles. The molecule has 0 bridgehead atoms. The summed E-state index contributed by atoms with van der Waals surface area (Å²) in [5, 5.41) is 11.6. The monoisotopic (exact) mass is 107 g/mol. The van der Waals surface area contributed by atoms with Gasteiger partial charge in [-0.25, -0.2) is 0 Å². The van der Waals surface area contributed by atoms with Gasteiger partial charge in [0, 0.05) is 0 Å². The van der Waals surface area contributed by atoms with E-state index in [1.165, 1.54) is 6.20 Å². The fraction of sp³-hybridized carbons (Fsp3) is 0. The van der Waals surface area contributed by atoms with Crippen molar-refractivity contribution < 1.29 is 0 Å². The van der Waals surface area contributed by atoms with E-state index in [4.69, 9.17) is 11.0 Å². The summed E-state index contributed by atoms with van der Waals surface area (Å²) in [6.07, 6.45) is 1.33. The van der Waals surface area contributed by atoms with E-state index in [2.05, 4.69) is 10.5 Å². The van der Waals surface area contributed by atoms with Crippen molar-refractivity contribution in [3.8, 4) is 6.07 Å². The van der Waals surface area contributed by atoms with E-state index in [1.807, 2.05) is 6.07 Å². The molecule has 0 saturated carbocycles. The first-order chi connectivity index (χ1) is 3.84.